The van der Waals surface area contributed by atoms with Crippen molar-refractivity contribution in [1.82, 2.24) is 8.55 Å². The molecule has 0 unspecified atom stereocenters. The van der Waals surface area contributed by atoms with Crippen LogP contribution >= 0.6 is 23.6 Å². The molecule has 0 saturated heterocycles. The van der Waals surface area contributed by atoms with Crippen LogP contribution in [-0.4, -0.2) is 30.4 Å². The van der Waals surface area contributed by atoms with Crippen molar-refractivity contribution in [2.45, 2.75) is 0 Å². The van der Waals surface area contributed by atoms with E-state index in [9.17, 15) is 0 Å². The Bertz CT molecular complexity index is 1020. The van der Waals surface area contributed by atoms with E-state index in [2.05, 4.69) is 27.8 Å². The fourth-order valence-electron chi connectivity index (χ4n) is 2.26. The normalized spacial score (nSPS) is 11.3. The maximum absolute atomic E-state index is 5.62. The molecule has 0 aliphatic carbocycles. The Kier molecular flexibility index (Phi) is 3.19. The molecule has 0 saturated carbocycles. The van der Waals surface area contributed by atoms with Gasteiger partial charge < -0.3 is 0 Å². The Morgan fingerprint density at radius 1 is 1.19 bits per heavy atom. The molecule has 0 aliphatic heterocycles. The molecule has 2 aromatic carbocycles. The Balaban J connectivity index is 2.00. The average Bonchev–Trinajstić information content (AvgIpc) is 3.08. The first kappa shape index (κ1) is 13.2. The van der Waals surface area contributed by atoms with Crippen LogP contribution in [-0.2, 0) is 0 Å². The summed E-state index contributed by atoms with van der Waals surface area (Å²) in [6.07, 6.45) is 0. The molecule has 0 N–H and O–H groups in total. The van der Waals surface area contributed by atoms with Crippen LogP contribution in [0, 0.1) is 4.64 Å². The number of fused-ring (bicyclic) bond motifs is 2. The minimum atomic E-state index is 0.161. The molecule has 2 aromatic heterocycles. The van der Waals surface area contributed by atoms with Crippen molar-refractivity contribution in [1.29, 1.82) is 0 Å². The Labute approximate surface area is 136 Å². The quantitative estimate of drug-likeness (QED) is 0.390. The number of rotatable bonds is 2. The van der Waals surface area contributed by atoms with Crippen LogP contribution in [0.3, 0.4) is 0 Å². The predicted molar refractivity (Wildman–Crippen MR) is 90.8 cm³/mol. The number of benzene rings is 2. The number of para-hydroxylation sites is 1. The summed E-state index contributed by atoms with van der Waals surface area (Å²) in [7, 11) is 1.67. The number of nitrogens with zero attached hydrogens (tertiary/aromatic N) is 2. The van der Waals surface area contributed by atoms with Crippen LogP contribution in [0.1, 0.15) is 0 Å². The predicted octanol–water partition coefficient (Wildman–Crippen LogP) is 4.04. The van der Waals surface area contributed by atoms with Crippen LogP contribution in [0.2, 0.25) is 0 Å². The summed E-state index contributed by atoms with van der Waals surface area (Å²) in [5.41, 5.74) is 0.912. The van der Waals surface area contributed by atoms with Crippen LogP contribution < -0.4 is 4.74 Å². The van der Waals surface area contributed by atoms with E-state index < -0.39 is 0 Å². The molecular weight excluding hydrogens is 367 g/mol. The molecule has 2 heterocycles. The molecule has 21 heavy (non-hydrogen) atoms. The van der Waals surface area contributed by atoms with E-state index in [1.807, 2.05) is 18.2 Å². The summed E-state index contributed by atoms with van der Waals surface area (Å²) in [6.45, 7) is 0. The monoisotopic (exact) mass is 378 g/mol. The van der Waals surface area contributed by atoms with Gasteiger partial charge in [0.25, 0.3) is 0 Å². The van der Waals surface area contributed by atoms with Gasteiger partial charge in [-0.3, -0.25) is 0 Å². The van der Waals surface area contributed by atoms with Crippen molar-refractivity contribution in [3.63, 3.8) is 0 Å². The molecule has 6 heteroatoms. The van der Waals surface area contributed by atoms with Crippen LogP contribution in [0.4, 0.5) is 0 Å². The van der Waals surface area contributed by atoms with E-state index in [1.165, 1.54) is 9.65 Å². The zero-order chi connectivity index (χ0) is 14.4. The molecule has 4 aromatic rings. The topological polar surface area (TPSA) is 27.1 Å². The second-order valence-corrected chi connectivity index (χ2v) is 7.96. The van der Waals surface area contributed by atoms with Crippen molar-refractivity contribution < 1.29 is 4.74 Å². The first-order valence-electron chi connectivity index (χ1n) is 6.33. The molecule has 4 rings (SSSR count). The number of hydrogen-bond donors (Lipinski definition) is 0. The number of ether oxygens (including phenoxy) is 1. The molecule has 0 radical (unpaired) electrons. The molecular formula is C15H10N2OS2Se. The van der Waals surface area contributed by atoms with E-state index in [0.29, 0.717) is 0 Å². The summed E-state index contributed by atoms with van der Waals surface area (Å²) >= 11 is 7.44. The van der Waals surface area contributed by atoms with E-state index >= 15 is 0 Å². The second-order valence-electron chi connectivity index (χ2n) is 4.49. The molecule has 0 amide bonds. The average molecular weight is 377 g/mol. The molecule has 104 valence electrons. The van der Waals surface area contributed by atoms with Gasteiger partial charge in [-0.25, -0.2) is 0 Å². The van der Waals surface area contributed by atoms with Gasteiger partial charge >= 0.3 is 137 Å². The van der Waals surface area contributed by atoms with Gasteiger partial charge in [-0.05, 0) is 0 Å². The third kappa shape index (κ3) is 2.07. The molecule has 0 atom stereocenters. The van der Waals surface area contributed by atoms with Gasteiger partial charge in [0, 0.05) is 0 Å². The molecule has 0 spiro atoms. The van der Waals surface area contributed by atoms with Crippen molar-refractivity contribution in [2.24, 2.45) is 0 Å². The third-order valence-electron chi connectivity index (χ3n) is 3.26. The van der Waals surface area contributed by atoms with Crippen LogP contribution in [0.25, 0.3) is 25.0 Å². The number of thiazole rings is 1. The van der Waals surface area contributed by atoms with Crippen molar-refractivity contribution in [3.05, 3.63) is 47.1 Å². The Morgan fingerprint density at radius 3 is 2.86 bits per heavy atom. The molecule has 3 nitrogen and oxygen atoms in total. The first-order chi connectivity index (χ1) is 10.3. The van der Waals surface area contributed by atoms with Gasteiger partial charge in [0.2, 0.25) is 0 Å². The van der Waals surface area contributed by atoms with E-state index in [-0.39, 0.29) is 14.7 Å². The summed E-state index contributed by atoms with van der Waals surface area (Å²) < 4.78 is 10.9. The summed E-state index contributed by atoms with van der Waals surface area (Å²) in [6, 6.07) is 14.3. The Morgan fingerprint density at radius 2 is 2.05 bits per heavy atom. The standard InChI is InChI=1S/C15H10N2OS2Se/c1-18-10-6-4-7-11-13(10)16-15(20-11)17-14(19)9-5-2-3-8-12(9)21-17/h2-8H,1H3. The van der Waals surface area contributed by atoms with Gasteiger partial charge in [-0.1, -0.05) is 0 Å². The zero-order valence-corrected chi connectivity index (χ0v) is 14.4. The molecule has 0 bridgehead atoms. The van der Waals surface area contributed by atoms with E-state index in [4.69, 9.17) is 21.9 Å². The third-order valence-corrected chi connectivity index (χ3v) is 7.47. The second kappa shape index (κ2) is 5.07. The first-order valence-corrected chi connectivity index (χ1v) is 9.17. The van der Waals surface area contributed by atoms with Gasteiger partial charge in [-0.15, -0.1) is 0 Å². The summed E-state index contributed by atoms with van der Waals surface area (Å²) in [4.78, 5) is 4.75. The van der Waals surface area contributed by atoms with Gasteiger partial charge in [0.05, 0.1) is 0 Å². The number of aromatic nitrogens is 2. The molecule has 0 aliphatic rings. The van der Waals surface area contributed by atoms with E-state index in [1.54, 1.807) is 18.4 Å². The number of hydrogen-bond acceptors (Lipinski definition) is 4. The maximum atomic E-state index is 5.62. The molecule has 0 fully saturated rings. The minimum absolute atomic E-state index is 0.161. The summed E-state index contributed by atoms with van der Waals surface area (Å²) in [5, 5.41) is 2.12. The van der Waals surface area contributed by atoms with E-state index in [0.717, 1.165) is 25.7 Å². The SMILES string of the molecule is COc1cccc2sc(-n3[se]c4ccccc4c3=S)nc12. The van der Waals surface area contributed by atoms with Gasteiger partial charge in [0.1, 0.15) is 0 Å². The van der Waals surface area contributed by atoms with Crippen molar-refractivity contribution >= 4 is 58.2 Å². The Hall–Kier alpha value is -1.46. The van der Waals surface area contributed by atoms with Crippen molar-refractivity contribution in [3.8, 4) is 10.9 Å². The van der Waals surface area contributed by atoms with Crippen LogP contribution in [0.5, 0.6) is 5.75 Å². The summed E-state index contributed by atoms with van der Waals surface area (Å²) in [5.74, 6) is 0.810. The fraction of sp³-hybridized carbons (Fsp3) is 0.0667. The van der Waals surface area contributed by atoms with Crippen LogP contribution in [0.15, 0.2) is 42.5 Å². The number of methoxy groups -OCH3 is 1. The van der Waals surface area contributed by atoms with Gasteiger partial charge in [0.15, 0.2) is 0 Å². The van der Waals surface area contributed by atoms with Gasteiger partial charge in [-0.2, -0.15) is 0 Å². The van der Waals surface area contributed by atoms with Crippen molar-refractivity contribution in [2.75, 3.05) is 7.11 Å². The zero-order valence-electron chi connectivity index (χ0n) is 11.1. The fourth-order valence-corrected chi connectivity index (χ4v) is 6.14.